The minimum Gasteiger partial charge on any atom is -0.484 e. The average molecular weight is 295 g/mol. The van der Waals surface area contributed by atoms with Crippen molar-refractivity contribution >= 4 is 28.2 Å². The second-order valence-corrected chi connectivity index (χ2v) is 4.76. The number of carbonyl (C=O) groups is 2. The third-order valence-electron chi connectivity index (χ3n) is 2.47. The van der Waals surface area contributed by atoms with E-state index in [-0.39, 0.29) is 15.6 Å². The highest BCUT2D eigenvalue weighted by atomic mass is 32.1. The number of aromatic carboxylic acids is 1. The number of ether oxygens (including phenoxy) is 1. The minimum atomic E-state index is -5.07. The van der Waals surface area contributed by atoms with E-state index in [0.29, 0.717) is 36.3 Å². The van der Waals surface area contributed by atoms with E-state index < -0.39 is 18.1 Å². The van der Waals surface area contributed by atoms with Crippen molar-refractivity contribution in [2.45, 2.75) is 19.0 Å². The van der Waals surface area contributed by atoms with Crippen molar-refractivity contribution in [3.05, 3.63) is 11.1 Å². The maximum absolute atomic E-state index is 12.2. The Hall–Kier alpha value is -1.77. The van der Waals surface area contributed by atoms with Crippen molar-refractivity contribution in [1.82, 2.24) is 0 Å². The maximum Gasteiger partial charge on any atom is 0.471 e. The summed E-state index contributed by atoms with van der Waals surface area (Å²) in [5.74, 6) is -3.59. The van der Waals surface area contributed by atoms with Gasteiger partial charge >= 0.3 is 18.1 Å². The second-order valence-electron chi connectivity index (χ2n) is 3.78. The van der Waals surface area contributed by atoms with E-state index in [4.69, 9.17) is 9.84 Å². The van der Waals surface area contributed by atoms with E-state index in [1.807, 2.05) is 0 Å². The van der Waals surface area contributed by atoms with Gasteiger partial charge in [0.1, 0.15) is 10.6 Å². The number of amides is 1. The molecule has 2 N–H and O–H groups in total. The summed E-state index contributed by atoms with van der Waals surface area (Å²) in [5.41, 5.74) is 0.0125. The summed E-state index contributed by atoms with van der Waals surface area (Å²) in [4.78, 5) is 22.0. The molecule has 0 fully saturated rings. The lowest BCUT2D eigenvalue weighted by atomic mass is 10.1. The molecule has 104 valence electrons. The number of carbonyl (C=O) groups excluding carboxylic acids is 1. The predicted molar refractivity (Wildman–Crippen MR) is 59.8 cm³/mol. The van der Waals surface area contributed by atoms with Crippen LogP contribution in [-0.4, -0.2) is 29.8 Å². The Morgan fingerprint density at radius 1 is 1.37 bits per heavy atom. The second kappa shape index (κ2) is 4.72. The smallest absolute Gasteiger partial charge is 0.471 e. The van der Waals surface area contributed by atoms with E-state index in [1.165, 1.54) is 0 Å². The summed E-state index contributed by atoms with van der Waals surface area (Å²) < 4.78 is 41.7. The zero-order valence-electron chi connectivity index (χ0n) is 9.34. The zero-order chi connectivity index (χ0) is 14.2. The highest BCUT2D eigenvalue weighted by Gasteiger charge is 2.40. The highest BCUT2D eigenvalue weighted by Crippen LogP contribution is 2.42. The number of thiophene rings is 1. The van der Waals surface area contributed by atoms with Gasteiger partial charge in [0.15, 0.2) is 5.06 Å². The van der Waals surface area contributed by atoms with Crippen molar-refractivity contribution in [3.8, 4) is 5.06 Å². The van der Waals surface area contributed by atoms with Crippen molar-refractivity contribution in [2.24, 2.45) is 0 Å². The van der Waals surface area contributed by atoms with Crippen LogP contribution >= 0.6 is 11.3 Å². The molecule has 0 radical (unpaired) electrons. The first-order valence-corrected chi connectivity index (χ1v) is 6.02. The van der Waals surface area contributed by atoms with Crippen molar-refractivity contribution < 1.29 is 32.6 Å². The molecule has 1 aromatic heterocycles. The number of halogens is 3. The Morgan fingerprint density at radius 2 is 2.05 bits per heavy atom. The Balaban J connectivity index is 2.38. The van der Waals surface area contributed by atoms with Gasteiger partial charge < -0.3 is 15.2 Å². The van der Waals surface area contributed by atoms with Gasteiger partial charge in [-0.1, -0.05) is 11.3 Å². The van der Waals surface area contributed by atoms with E-state index in [1.54, 1.807) is 5.32 Å². The van der Waals surface area contributed by atoms with Crippen molar-refractivity contribution in [1.29, 1.82) is 0 Å². The van der Waals surface area contributed by atoms with Gasteiger partial charge in [-0.3, -0.25) is 4.79 Å². The summed E-state index contributed by atoms with van der Waals surface area (Å²) in [6.45, 7) is 0.374. The molecule has 2 rings (SSSR count). The molecule has 0 spiro atoms. The number of alkyl halides is 3. The molecular formula is C10H8F3NO4S. The molecule has 1 amide bonds. The number of fused-ring (bicyclic) bond motifs is 1. The molecule has 9 heteroatoms. The molecule has 0 saturated carbocycles. The molecule has 0 aliphatic carbocycles. The molecule has 2 heterocycles. The van der Waals surface area contributed by atoms with Crippen molar-refractivity contribution in [2.75, 3.05) is 11.9 Å². The average Bonchev–Trinajstić information content (AvgIpc) is 2.65. The molecule has 19 heavy (non-hydrogen) atoms. The van der Waals surface area contributed by atoms with Crippen LogP contribution in [0.1, 0.15) is 22.3 Å². The van der Waals surface area contributed by atoms with Gasteiger partial charge in [-0.05, 0) is 12.8 Å². The standard InChI is InChI=1S/C10H8F3NO4S/c11-10(12,13)9(17)14-6-5(7(15)16)4-2-1-3-18-8(4)19-6/h1-3H2,(H,14,17)(H,15,16). The van der Waals surface area contributed by atoms with E-state index in [9.17, 15) is 22.8 Å². The molecule has 0 saturated heterocycles. The fourth-order valence-electron chi connectivity index (χ4n) is 1.69. The normalized spacial score (nSPS) is 14.5. The summed E-state index contributed by atoms with van der Waals surface area (Å²) in [7, 11) is 0. The van der Waals surface area contributed by atoms with Crippen LogP contribution in [-0.2, 0) is 11.2 Å². The largest absolute Gasteiger partial charge is 0.484 e. The van der Waals surface area contributed by atoms with Crippen LogP contribution in [0.25, 0.3) is 0 Å². The summed E-state index contributed by atoms with van der Waals surface area (Å²) >= 11 is 0.700. The van der Waals surface area contributed by atoms with Crippen molar-refractivity contribution in [3.63, 3.8) is 0 Å². The van der Waals surface area contributed by atoms with Crippen LogP contribution in [0, 0.1) is 0 Å². The van der Waals surface area contributed by atoms with E-state index in [2.05, 4.69) is 0 Å². The highest BCUT2D eigenvalue weighted by molar-refractivity contribution is 7.18. The third kappa shape index (κ3) is 2.65. The number of carboxylic acid groups (broad SMARTS) is 1. The SMILES string of the molecule is O=C(O)c1c(NC(=O)C(F)(F)F)sc2c1CCCO2. The lowest BCUT2D eigenvalue weighted by Crippen LogP contribution is -2.30. The number of anilines is 1. The lowest BCUT2D eigenvalue weighted by molar-refractivity contribution is -0.167. The van der Waals surface area contributed by atoms with E-state index in [0.717, 1.165) is 0 Å². The molecule has 1 aliphatic heterocycles. The lowest BCUT2D eigenvalue weighted by Gasteiger charge is -2.12. The van der Waals surface area contributed by atoms with Gasteiger partial charge in [-0.2, -0.15) is 13.2 Å². The van der Waals surface area contributed by atoms with Gasteiger partial charge in [-0.15, -0.1) is 0 Å². The molecule has 0 aromatic carbocycles. The molecule has 1 aliphatic rings. The molecular weight excluding hydrogens is 287 g/mol. The zero-order valence-corrected chi connectivity index (χ0v) is 10.2. The van der Waals surface area contributed by atoms with Gasteiger partial charge in [0.2, 0.25) is 0 Å². The van der Waals surface area contributed by atoms with Crippen LogP contribution in [0.5, 0.6) is 5.06 Å². The summed E-state index contributed by atoms with van der Waals surface area (Å²) in [6, 6.07) is 0. The molecule has 5 nitrogen and oxygen atoms in total. The van der Waals surface area contributed by atoms with Crippen LogP contribution in [0.2, 0.25) is 0 Å². The Labute approximate surface area is 109 Å². The van der Waals surface area contributed by atoms with Gasteiger partial charge in [0.05, 0.1) is 6.61 Å². The number of hydrogen-bond acceptors (Lipinski definition) is 4. The Bertz CT molecular complexity index is 538. The summed E-state index contributed by atoms with van der Waals surface area (Å²) in [6.07, 6.45) is -4.09. The Morgan fingerprint density at radius 3 is 2.63 bits per heavy atom. The Kier molecular flexibility index (Phi) is 3.40. The van der Waals surface area contributed by atoms with Crippen LogP contribution in [0.3, 0.4) is 0 Å². The topological polar surface area (TPSA) is 75.6 Å². The maximum atomic E-state index is 12.2. The first kappa shape index (κ1) is 13.7. The minimum absolute atomic E-state index is 0.251. The van der Waals surface area contributed by atoms with E-state index >= 15 is 0 Å². The monoisotopic (exact) mass is 295 g/mol. The fraction of sp³-hybridized carbons (Fsp3) is 0.400. The molecule has 1 aromatic rings. The quantitative estimate of drug-likeness (QED) is 0.877. The van der Waals surface area contributed by atoms with Gasteiger partial charge in [0.25, 0.3) is 0 Å². The summed E-state index contributed by atoms with van der Waals surface area (Å²) in [5, 5.41) is 10.5. The van der Waals surface area contributed by atoms with Gasteiger partial charge in [-0.25, -0.2) is 4.79 Å². The first-order chi connectivity index (χ1) is 8.80. The number of rotatable bonds is 2. The number of hydrogen-bond donors (Lipinski definition) is 2. The van der Waals surface area contributed by atoms with Crippen LogP contribution in [0.4, 0.5) is 18.2 Å². The fourth-order valence-corrected chi connectivity index (χ4v) is 2.80. The molecule has 0 bridgehead atoms. The van der Waals surface area contributed by atoms with Crippen LogP contribution in [0.15, 0.2) is 0 Å². The molecule has 0 unspecified atom stereocenters. The molecule has 0 atom stereocenters. The van der Waals surface area contributed by atoms with Gasteiger partial charge in [0, 0.05) is 5.56 Å². The number of nitrogens with one attached hydrogen (secondary N) is 1. The predicted octanol–water partition coefficient (Wildman–Crippen LogP) is 2.27. The number of carboxylic acids is 1. The first-order valence-electron chi connectivity index (χ1n) is 5.20. The van der Waals surface area contributed by atoms with Crippen LogP contribution < -0.4 is 10.1 Å². The third-order valence-corrected chi connectivity index (χ3v) is 3.53.